The van der Waals surface area contributed by atoms with Gasteiger partial charge in [-0.25, -0.2) is 4.98 Å². The summed E-state index contributed by atoms with van der Waals surface area (Å²) in [5.41, 5.74) is 4.69. The monoisotopic (exact) mass is 646 g/mol. The van der Waals surface area contributed by atoms with Gasteiger partial charge < -0.3 is 35.6 Å². The molecule has 0 aliphatic heterocycles. The number of hydrogen-bond acceptors (Lipinski definition) is 5. The number of carbonyl (C=O) groups excluding carboxylic acids is 2. The molecule has 1 aromatic rings. The molecule has 3 rings (SSSR count). The van der Waals surface area contributed by atoms with E-state index in [-0.39, 0.29) is 53.2 Å². The summed E-state index contributed by atoms with van der Waals surface area (Å²) in [4.78, 5) is 25.6. The van der Waals surface area contributed by atoms with Crippen molar-refractivity contribution in [3.63, 3.8) is 0 Å². The van der Waals surface area contributed by atoms with Crippen LogP contribution in [0.5, 0.6) is 0 Å². The van der Waals surface area contributed by atoms with Crippen molar-refractivity contribution >= 4 is 23.0 Å². The molecule has 2 N–H and O–H groups in total. The zero-order valence-electron chi connectivity index (χ0n) is 26.0. The van der Waals surface area contributed by atoms with Gasteiger partial charge in [-0.15, -0.1) is 0 Å². The number of ketones is 2. The zero-order chi connectivity index (χ0) is 29.2. The molecule has 0 saturated carbocycles. The number of halogens is 2. The first-order valence-corrected chi connectivity index (χ1v) is 13.6. The minimum absolute atomic E-state index is 0. The molecule has 229 valence electrons. The van der Waals surface area contributed by atoms with Gasteiger partial charge in [0.1, 0.15) is 11.4 Å². The van der Waals surface area contributed by atoms with Gasteiger partial charge in [-0.1, -0.05) is 97.9 Å². The molecule has 1 heterocycles. The third-order valence-corrected chi connectivity index (χ3v) is 6.63. The van der Waals surface area contributed by atoms with E-state index in [0.29, 0.717) is 46.9 Å². The predicted octanol–water partition coefficient (Wildman–Crippen LogP) is 2.35. The van der Waals surface area contributed by atoms with Crippen LogP contribution in [0.4, 0.5) is 0 Å². The first-order valence-electron chi connectivity index (χ1n) is 13.6. The van der Waals surface area contributed by atoms with Gasteiger partial charge in [-0.2, -0.15) is 0 Å². The first-order chi connectivity index (χ1) is 17.7. The Morgan fingerprint density at radius 2 is 1.00 bits per heavy atom. The second-order valence-electron chi connectivity index (χ2n) is 11.2. The molecule has 2 atom stereocenters. The molecule has 41 heavy (non-hydrogen) atoms. The molecule has 0 bridgehead atoms. The van der Waals surface area contributed by atoms with Crippen molar-refractivity contribution in [3.8, 4) is 0 Å². The number of nitrogens with zero attached hydrogens (tertiary/aromatic N) is 1. The Morgan fingerprint density at radius 3 is 1.24 bits per heavy atom. The largest absolute Gasteiger partial charge is 2.00 e. The van der Waals surface area contributed by atoms with Gasteiger partial charge in [-0.05, 0) is 47.0 Å². The Balaban J connectivity index is -0.000000510. The molecular formula is C33H47Cl2CoN3O2. The number of hydrogen-bond donors (Lipinski definition) is 2. The molecule has 0 aromatic carbocycles. The van der Waals surface area contributed by atoms with E-state index in [0.717, 1.165) is 11.4 Å². The van der Waals surface area contributed by atoms with E-state index in [4.69, 9.17) is 10.8 Å². The van der Waals surface area contributed by atoms with Gasteiger partial charge in [0.15, 0.2) is 11.6 Å². The summed E-state index contributed by atoms with van der Waals surface area (Å²) in [6, 6.07) is 4.84. The van der Waals surface area contributed by atoms with E-state index in [1.54, 1.807) is 18.2 Å². The topological polar surface area (TPSA) is 94.7 Å². The Kier molecular flexibility index (Phi) is 21.9. The average molecular weight is 648 g/mol. The fourth-order valence-electron chi connectivity index (χ4n) is 4.26. The van der Waals surface area contributed by atoms with Crippen molar-refractivity contribution < 1.29 is 51.2 Å². The molecule has 0 spiro atoms. The molecule has 0 saturated heterocycles. The number of aromatic nitrogens is 1. The van der Waals surface area contributed by atoms with Gasteiger partial charge in [0.2, 0.25) is 0 Å². The van der Waals surface area contributed by atoms with Gasteiger partial charge in [-0.3, -0.25) is 9.59 Å². The van der Waals surface area contributed by atoms with Crippen LogP contribution < -0.4 is 24.8 Å². The van der Waals surface area contributed by atoms with Crippen LogP contribution in [0.25, 0.3) is 0 Å². The number of rotatable bonds is 6. The molecule has 2 unspecified atom stereocenters. The third kappa shape index (κ3) is 13.6. The van der Waals surface area contributed by atoms with Crippen LogP contribution in [0.1, 0.15) is 90.2 Å². The van der Waals surface area contributed by atoms with Crippen LogP contribution in [-0.4, -0.2) is 28.0 Å². The number of nitrogens with one attached hydrogen (secondary N) is 2. The average Bonchev–Trinajstić information content (AvgIpc) is 2.84. The zero-order valence-corrected chi connectivity index (χ0v) is 28.6. The van der Waals surface area contributed by atoms with Crippen molar-refractivity contribution in [1.82, 2.24) is 4.98 Å². The van der Waals surface area contributed by atoms with E-state index in [9.17, 15) is 9.59 Å². The predicted molar refractivity (Wildman–Crippen MR) is 160 cm³/mol. The summed E-state index contributed by atoms with van der Waals surface area (Å²) in [6.07, 6.45) is 12.6. The van der Waals surface area contributed by atoms with Crippen molar-refractivity contribution in [2.75, 3.05) is 0 Å². The molecule has 8 heteroatoms. The summed E-state index contributed by atoms with van der Waals surface area (Å²) in [5, 5.41) is 16.1. The maximum Gasteiger partial charge on any atom is 2.00 e. The molecule has 1 radical (unpaired) electrons. The summed E-state index contributed by atoms with van der Waals surface area (Å²) >= 11 is 0. The minimum Gasteiger partial charge on any atom is -1.00 e. The number of Topliss-reactive ketones (excluding diaryl/α,β-unsaturated/α-hetero) is 2. The smallest absolute Gasteiger partial charge is 1.00 e. The van der Waals surface area contributed by atoms with Crippen molar-refractivity contribution in [3.05, 3.63) is 77.2 Å². The Hall–Kier alpha value is -2.12. The van der Waals surface area contributed by atoms with Gasteiger partial charge in [0.25, 0.3) is 0 Å². The molecular weight excluding hydrogens is 600 g/mol. The molecule has 0 amide bonds. The Labute approximate surface area is 270 Å². The van der Waals surface area contributed by atoms with Crippen LogP contribution in [0.15, 0.2) is 65.8 Å². The van der Waals surface area contributed by atoms with Crippen LogP contribution in [0, 0.1) is 46.3 Å². The standard InChI is InChI=1S/2C12H19N.C9H9NO2.2ClH.Co/c2*1-8(2)10-6-5-7-11(9(3)4)12(10)13;1-6(11)8-4-3-5-9(10-8)7(2)12;;;/h2*5-10,13H,1-4H3;3-5H,1-2H3;2*1H;/q;;;;;+2/p-2. The van der Waals surface area contributed by atoms with E-state index in [2.05, 4.69) is 96.8 Å². The number of allylic oxidation sites excluding steroid dienone is 8. The Bertz CT molecular complexity index is 1060. The normalized spacial score (nSPS) is 17.2. The van der Waals surface area contributed by atoms with Crippen LogP contribution in [-0.2, 0) is 16.8 Å². The molecule has 5 nitrogen and oxygen atoms in total. The second kappa shape index (κ2) is 20.7. The third-order valence-electron chi connectivity index (χ3n) is 6.63. The molecule has 2 aliphatic carbocycles. The maximum atomic E-state index is 10.8. The van der Waals surface area contributed by atoms with Crippen molar-refractivity contribution in [2.45, 2.75) is 69.2 Å². The minimum atomic E-state index is -0.127. The van der Waals surface area contributed by atoms with Crippen LogP contribution >= 0.6 is 0 Å². The van der Waals surface area contributed by atoms with Crippen molar-refractivity contribution in [2.24, 2.45) is 35.5 Å². The fourth-order valence-corrected chi connectivity index (χ4v) is 4.26. The summed E-state index contributed by atoms with van der Waals surface area (Å²) in [5.74, 6) is 2.40. The summed E-state index contributed by atoms with van der Waals surface area (Å²) < 4.78 is 0. The van der Waals surface area contributed by atoms with Gasteiger partial charge in [0, 0.05) is 37.1 Å². The molecule has 0 fully saturated rings. The SMILES string of the molecule is CC(=O)c1cccc(C(C)=O)n1.CC(C)C1=CC=CC(C(C)C)C1=N.CC(C)C1=CC=CC(C(C)C)C1=N.[Cl-].[Cl-].[Co+2]. The van der Waals surface area contributed by atoms with E-state index in [1.807, 2.05) is 0 Å². The summed E-state index contributed by atoms with van der Waals surface area (Å²) in [6.45, 7) is 20.1. The molecule has 2 aliphatic rings. The maximum absolute atomic E-state index is 10.8. The van der Waals surface area contributed by atoms with Gasteiger partial charge in [0.05, 0.1) is 0 Å². The summed E-state index contributed by atoms with van der Waals surface area (Å²) in [7, 11) is 0. The molecule has 1 aromatic heterocycles. The van der Waals surface area contributed by atoms with Crippen LogP contribution in [0.3, 0.4) is 0 Å². The second-order valence-corrected chi connectivity index (χ2v) is 11.2. The first kappa shape index (κ1) is 43.3. The number of carbonyl (C=O) groups is 2. The van der Waals surface area contributed by atoms with Gasteiger partial charge >= 0.3 is 16.8 Å². The quantitative estimate of drug-likeness (QED) is 0.465. The number of pyridine rings is 1. The van der Waals surface area contributed by atoms with Crippen LogP contribution in [0.2, 0.25) is 0 Å². The Morgan fingerprint density at radius 1 is 0.683 bits per heavy atom. The fraction of sp³-hybridized carbons (Fsp3) is 0.485. The van der Waals surface area contributed by atoms with E-state index in [1.165, 1.54) is 25.0 Å². The van der Waals surface area contributed by atoms with Crippen molar-refractivity contribution in [1.29, 1.82) is 10.8 Å². The van der Waals surface area contributed by atoms with E-state index < -0.39 is 0 Å². The van der Waals surface area contributed by atoms with E-state index >= 15 is 0 Å².